The summed E-state index contributed by atoms with van der Waals surface area (Å²) in [6.45, 7) is 4.55. The summed E-state index contributed by atoms with van der Waals surface area (Å²) in [5, 5.41) is 2.90. The maximum absolute atomic E-state index is 12.9. The van der Waals surface area contributed by atoms with Gasteiger partial charge in [0.15, 0.2) is 0 Å². The number of piperidine rings is 1. The number of carbonyl (C=O) groups excluding carboxylic acids is 1. The first-order valence-electron chi connectivity index (χ1n) is 9.33. The fourth-order valence-electron chi connectivity index (χ4n) is 3.30. The van der Waals surface area contributed by atoms with Crippen molar-refractivity contribution in [2.75, 3.05) is 25.5 Å². The van der Waals surface area contributed by atoms with E-state index in [-0.39, 0.29) is 11.8 Å². The Morgan fingerprint density at radius 1 is 1.04 bits per heavy atom. The molecule has 1 aliphatic heterocycles. The van der Waals surface area contributed by atoms with Crippen molar-refractivity contribution in [1.29, 1.82) is 0 Å². The van der Waals surface area contributed by atoms with Crippen LogP contribution in [0.1, 0.15) is 24.0 Å². The van der Waals surface area contributed by atoms with E-state index >= 15 is 0 Å². The normalized spacial score (nSPS) is 16.0. The maximum Gasteiger partial charge on any atom is 0.243 e. The summed E-state index contributed by atoms with van der Waals surface area (Å²) < 4.78 is 32.4. The van der Waals surface area contributed by atoms with E-state index in [1.807, 2.05) is 19.9 Å². The average Bonchev–Trinajstić information content (AvgIpc) is 2.70. The van der Waals surface area contributed by atoms with E-state index in [2.05, 4.69) is 5.32 Å². The molecule has 0 bridgehead atoms. The second-order valence-corrected chi connectivity index (χ2v) is 9.08. The van der Waals surface area contributed by atoms with Gasteiger partial charge in [-0.1, -0.05) is 6.07 Å². The minimum absolute atomic E-state index is 0.0756. The zero-order valence-corrected chi connectivity index (χ0v) is 17.3. The van der Waals surface area contributed by atoms with Crippen LogP contribution in [-0.2, 0) is 14.8 Å². The van der Waals surface area contributed by atoms with Crippen LogP contribution in [-0.4, -0.2) is 38.8 Å². The number of methoxy groups -OCH3 is 1. The molecule has 1 saturated heterocycles. The van der Waals surface area contributed by atoms with E-state index in [1.54, 1.807) is 43.5 Å². The summed E-state index contributed by atoms with van der Waals surface area (Å²) in [7, 11) is -1.94. The Morgan fingerprint density at radius 2 is 1.68 bits per heavy atom. The number of amides is 1. The Kier molecular flexibility index (Phi) is 6.05. The largest absolute Gasteiger partial charge is 0.497 e. The molecule has 6 nitrogen and oxygen atoms in total. The SMILES string of the molecule is COc1ccc(NC(=O)C2CCN(S(=O)(=O)c3ccc(C)c(C)c3)CC2)cc1. The lowest BCUT2D eigenvalue weighted by atomic mass is 9.97. The van der Waals surface area contributed by atoms with E-state index < -0.39 is 10.0 Å². The van der Waals surface area contributed by atoms with Gasteiger partial charge in [0.2, 0.25) is 15.9 Å². The minimum atomic E-state index is -3.53. The van der Waals surface area contributed by atoms with Crippen LogP contribution in [0, 0.1) is 19.8 Å². The van der Waals surface area contributed by atoms with E-state index in [4.69, 9.17) is 4.74 Å². The number of carbonyl (C=O) groups is 1. The third kappa shape index (κ3) is 4.36. The second kappa shape index (κ2) is 8.32. The zero-order chi connectivity index (χ0) is 20.3. The van der Waals surface area contributed by atoms with Gasteiger partial charge < -0.3 is 10.1 Å². The topological polar surface area (TPSA) is 75.7 Å². The van der Waals surface area contributed by atoms with Crippen molar-refractivity contribution in [3.63, 3.8) is 0 Å². The van der Waals surface area contributed by atoms with Crippen LogP contribution in [0.5, 0.6) is 5.75 Å². The molecule has 28 heavy (non-hydrogen) atoms. The highest BCUT2D eigenvalue weighted by Gasteiger charge is 2.32. The van der Waals surface area contributed by atoms with Crippen molar-refractivity contribution in [3.05, 3.63) is 53.6 Å². The van der Waals surface area contributed by atoms with Crippen LogP contribution in [0.4, 0.5) is 5.69 Å². The summed E-state index contributed by atoms with van der Waals surface area (Å²) in [5.74, 6) is 0.449. The molecule has 3 rings (SSSR count). The Hall–Kier alpha value is -2.38. The number of hydrogen-bond acceptors (Lipinski definition) is 4. The number of anilines is 1. The van der Waals surface area contributed by atoms with Gasteiger partial charge in [0.1, 0.15) is 5.75 Å². The van der Waals surface area contributed by atoms with Gasteiger partial charge in [-0.05, 0) is 74.2 Å². The maximum atomic E-state index is 12.9. The van der Waals surface area contributed by atoms with Gasteiger partial charge in [0, 0.05) is 24.7 Å². The number of ether oxygens (including phenoxy) is 1. The lowest BCUT2D eigenvalue weighted by Crippen LogP contribution is -2.41. The number of benzene rings is 2. The molecular weight excluding hydrogens is 376 g/mol. The van der Waals surface area contributed by atoms with E-state index in [0.29, 0.717) is 36.5 Å². The monoisotopic (exact) mass is 402 g/mol. The molecule has 0 radical (unpaired) electrons. The summed E-state index contributed by atoms with van der Waals surface area (Å²) in [5.41, 5.74) is 2.72. The molecule has 1 amide bonds. The fourth-order valence-corrected chi connectivity index (χ4v) is 4.86. The standard InChI is InChI=1S/C21H26N2O4S/c1-15-4-9-20(14-16(15)2)28(25,26)23-12-10-17(11-13-23)21(24)22-18-5-7-19(27-3)8-6-18/h4-9,14,17H,10-13H2,1-3H3,(H,22,24). The summed E-state index contributed by atoms with van der Waals surface area (Å²) in [4.78, 5) is 12.8. The predicted molar refractivity (Wildman–Crippen MR) is 109 cm³/mol. The molecule has 0 saturated carbocycles. The molecule has 0 unspecified atom stereocenters. The second-order valence-electron chi connectivity index (χ2n) is 7.14. The molecule has 1 heterocycles. The summed E-state index contributed by atoms with van der Waals surface area (Å²) >= 11 is 0. The highest BCUT2D eigenvalue weighted by molar-refractivity contribution is 7.89. The van der Waals surface area contributed by atoms with Crippen molar-refractivity contribution in [1.82, 2.24) is 4.31 Å². The molecule has 1 fully saturated rings. The number of rotatable bonds is 5. The Balaban J connectivity index is 1.61. The number of hydrogen-bond donors (Lipinski definition) is 1. The van der Waals surface area contributed by atoms with Crippen LogP contribution in [0.2, 0.25) is 0 Å². The summed E-state index contributed by atoms with van der Waals surface area (Å²) in [6, 6.07) is 12.3. The molecular formula is C21H26N2O4S. The van der Waals surface area contributed by atoms with Crippen molar-refractivity contribution < 1.29 is 17.9 Å². The highest BCUT2D eigenvalue weighted by Crippen LogP contribution is 2.26. The third-order valence-electron chi connectivity index (χ3n) is 5.30. The van der Waals surface area contributed by atoms with Gasteiger partial charge in [0.25, 0.3) is 0 Å². The van der Waals surface area contributed by atoms with Crippen molar-refractivity contribution in [2.45, 2.75) is 31.6 Å². The van der Waals surface area contributed by atoms with Crippen LogP contribution in [0.25, 0.3) is 0 Å². The Bertz CT molecular complexity index is 947. The molecule has 150 valence electrons. The molecule has 1 N–H and O–H groups in total. The number of aryl methyl sites for hydroxylation is 2. The van der Waals surface area contributed by atoms with Crippen molar-refractivity contribution >= 4 is 21.6 Å². The third-order valence-corrected chi connectivity index (χ3v) is 7.19. The average molecular weight is 403 g/mol. The van der Waals surface area contributed by atoms with Gasteiger partial charge in [0.05, 0.1) is 12.0 Å². The van der Waals surface area contributed by atoms with Crippen molar-refractivity contribution in [2.24, 2.45) is 5.92 Å². The smallest absolute Gasteiger partial charge is 0.243 e. The summed E-state index contributed by atoms with van der Waals surface area (Å²) in [6.07, 6.45) is 1.01. The lowest BCUT2D eigenvalue weighted by Gasteiger charge is -2.30. The number of nitrogens with zero attached hydrogens (tertiary/aromatic N) is 1. The quantitative estimate of drug-likeness (QED) is 0.832. The number of nitrogens with one attached hydrogen (secondary N) is 1. The van der Waals surface area contributed by atoms with Crippen LogP contribution >= 0.6 is 0 Å². The highest BCUT2D eigenvalue weighted by atomic mass is 32.2. The van der Waals surface area contributed by atoms with Crippen LogP contribution < -0.4 is 10.1 Å². The van der Waals surface area contributed by atoms with Gasteiger partial charge in [-0.2, -0.15) is 4.31 Å². The first kappa shape index (κ1) is 20.4. The fraction of sp³-hybridized carbons (Fsp3) is 0.381. The molecule has 0 aliphatic carbocycles. The van der Waals surface area contributed by atoms with Crippen LogP contribution in [0.15, 0.2) is 47.4 Å². The molecule has 0 atom stereocenters. The Morgan fingerprint density at radius 3 is 2.25 bits per heavy atom. The van der Waals surface area contributed by atoms with Gasteiger partial charge in [-0.15, -0.1) is 0 Å². The predicted octanol–water partition coefficient (Wildman–Crippen LogP) is 3.35. The van der Waals surface area contributed by atoms with Gasteiger partial charge in [-0.3, -0.25) is 4.79 Å². The van der Waals surface area contributed by atoms with Crippen molar-refractivity contribution in [3.8, 4) is 5.75 Å². The van der Waals surface area contributed by atoms with E-state index in [1.165, 1.54) is 4.31 Å². The molecule has 2 aromatic carbocycles. The molecule has 1 aliphatic rings. The van der Waals surface area contributed by atoms with E-state index in [0.717, 1.165) is 16.9 Å². The number of sulfonamides is 1. The zero-order valence-electron chi connectivity index (χ0n) is 16.4. The molecule has 0 aromatic heterocycles. The molecule has 7 heteroatoms. The Labute approximate surface area is 166 Å². The van der Waals surface area contributed by atoms with E-state index in [9.17, 15) is 13.2 Å². The first-order valence-corrected chi connectivity index (χ1v) is 10.8. The lowest BCUT2D eigenvalue weighted by molar-refractivity contribution is -0.120. The minimum Gasteiger partial charge on any atom is -0.497 e. The molecule has 0 spiro atoms. The molecule has 2 aromatic rings. The van der Waals surface area contributed by atoms with Crippen LogP contribution in [0.3, 0.4) is 0 Å². The first-order chi connectivity index (χ1) is 13.3. The van der Waals surface area contributed by atoms with Gasteiger partial charge in [-0.25, -0.2) is 8.42 Å². The van der Waals surface area contributed by atoms with Gasteiger partial charge >= 0.3 is 0 Å².